The average molecular weight is 408 g/mol. The van der Waals surface area contributed by atoms with E-state index in [-0.39, 0.29) is 58.3 Å². The molecule has 1 aliphatic rings. The van der Waals surface area contributed by atoms with Gasteiger partial charge in [0.1, 0.15) is 22.9 Å². The fourth-order valence-corrected chi connectivity index (χ4v) is 3.53. The van der Waals surface area contributed by atoms with E-state index in [4.69, 9.17) is 16.3 Å². The third kappa shape index (κ3) is 3.85. The van der Waals surface area contributed by atoms with Crippen molar-refractivity contribution < 1.29 is 23.5 Å². The van der Waals surface area contributed by atoms with E-state index in [0.717, 1.165) is 18.9 Å². The molecule has 1 aromatic carbocycles. The number of nitrogens with zero attached hydrogens (tertiary/aromatic N) is 1. The standard InChI is InChI=1S/C20H19ClFNO5/c1-3-28-20(27)15-9-23(11-4-5-11)18-14(19(15)26)8-16(22)13(17(18)21)7-12(25)6-10(2)24/h8-9,11H,3-7H2,1-2H3. The number of esters is 1. The Bertz CT molecular complexity index is 1050. The molecule has 8 heteroatoms. The molecule has 0 radical (unpaired) electrons. The fraction of sp³-hybridized carbons (Fsp3) is 0.400. The molecule has 1 fully saturated rings. The summed E-state index contributed by atoms with van der Waals surface area (Å²) in [5.41, 5.74) is -0.628. The first-order valence-corrected chi connectivity index (χ1v) is 9.36. The largest absolute Gasteiger partial charge is 0.462 e. The molecule has 3 rings (SSSR count). The van der Waals surface area contributed by atoms with Crippen LogP contribution in [0.4, 0.5) is 4.39 Å². The van der Waals surface area contributed by atoms with Gasteiger partial charge in [-0.2, -0.15) is 0 Å². The van der Waals surface area contributed by atoms with Crippen LogP contribution >= 0.6 is 11.6 Å². The molecule has 28 heavy (non-hydrogen) atoms. The summed E-state index contributed by atoms with van der Waals surface area (Å²) in [6.07, 6.45) is 2.38. The van der Waals surface area contributed by atoms with Gasteiger partial charge in [0.15, 0.2) is 0 Å². The number of carbonyl (C=O) groups excluding carboxylic acids is 3. The lowest BCUT2D eigenvalue weighted by Gasteiger charge is -2.16. The van der Waals surface area contributed by atoms with Crippen molar-refractivity contribution in [3.63, 3.8) is 0 Å². The van der Waals surface area contributed by atoms with Crippen LogP contribution in [-0.2, 0) is 20.7 Å². The highest BCUT2D eigenvalue weighted by Crippen LogP contribution is 2.40. The Morgan fingerprint density at radius 1 is 1.32 bits per heavy atom. The first-order valence-electron chi connectivity index (χ1n) is 8.98. The van der Waals surface area contributed by atoms with Gasteiger partial charge in [0.2, 0.25) is 5.43 Å². The van der Waals surface area contributed by atoms with E-state index in [0.29, 0.717) is 0 Å². The van der Waals surface area contributed by atoms with Gasteiger partial charge in [-0.3, -0.25) is 14.4 Å². The van der Waals surface area contributed by atoms with Crippen LogP contribution in [0.2, 0.25) is 5.02 Å². The Hall–Kier alpha value is -2.54. The fourth-order valence-electron chi connectivity index (χ4n) is 3.18. The minimum absolute atomic E-state index is 0.0278. The minimum atomic E-state index is -0.824. The summed E-state index contributed by atoms with van der Waals surface area (Å²) < 4.78 is 21.3. The maximum Gasteiger partial charge on any atom is 0.343 e. The van der Waals surface area contributed by atoms with Crippen molar-refractivity contribution in [2.75, 3.05) is 6.61 Å². The van der Waals surface area contributed by atoms with Crippen molar-refractivity contribution >= 4 is 40.0 Å². The highest BCUT2D eigenvalue weighted by Gasteiger charge is 2.30. The summed E-state index contributed by atoms with van der Waals surface area (Å²) in [5.74, 6) is -2.39. The molecule has 0 saturated heterocycles. The molecule has 1 heterocycles. The van der Waals surface area contributed by atoms with Gasteiger partial charge in [0, 0.05) is 24.2 Å². The highest BCUT2D eigenvalue weighted by atomic mass is 35.5. The molecule has 0 spiro atoms. The van der Waals surface area contributed by atoms with Crippen molar-refractivity contribution in [2.24, 2.45) is 0 Å². The van der Waals surface area contributed by atoms with Gasteiger partial charge in [0.25, 0.3) is 0 Å². The SMILES string of the molecule is CCOC(=O)c1cn(C2CC2)c2c(Cl)c(CC(=O)CC(C)=O)c(F)cc2c1=O. The van der Waals surface area contributed by atoms with Crippen LogP contribution in [0.3, 0.4) is 0 Å². The van der Waals surface area contributed by atoms with Crippen LogP contribution in [0, 0.1) is 5.82 Å². The zero-order chi connectivity index (χ0) is 20.6. The number of fused-ring (bicyclic) bond motifs is 1. The number of ether oxygens (including phenoxy) is 1. The molecule has 0 aliphatic heterocycles. The summed E-state index contributed by atoms with van der Waals surface area (Å²) in [7, 11) is 0. The number of carbonyl (C=O) groups is 3. The van der Waals surface area contributed by atoms with Crippen LogP contribution in [-0.4, -0.2) is 28.7 Å². The Morgan fingerprint density at radius 3 is 2.57 bits per heavy atom. The van der Waals surface area contributed by atoms with Crippen LogP contribution in [0.1, 0.15) is 55.1 Å². The van der Waals surface area contributed by atoms with Crippen LogP contribution in [0.25, 0.3) is 10.9 Å². The number of Topliss-reactive ketones (excluding diaryl/α,β-unsaturated/α-hetero) is 2. The van der Waals surface area contributed by atoms with Gasteiger partial charge in [-0.15, -0.1) is 0 Å². The van der Waals surface area contributed by atoms with E-state index in [2.05, 4.69) is 0 Å². The second-order valence-electron chi connectivity index (χ2n) is 6.87. The predicted octanol–water partition coefficient (Wildman–Crippen LogP) is 3.40. The molecule has 1 aromatic heterocycles. The molecule has 148 valence electrons. The smallest absolute Gasteiger partial charge is 0.343 e. The zero-order valence-corrected chi connectivity index (χ0v) is 16.3. The molecule has 0 amide bonds. The van der Waals surface area contributed by atoms with Gasteiger partial charge in [0.05, 0.1) is 29.0 Å². The van der Waals surface area contributed by atoms with Crippen LogP contribution in [0.5, 0.6) is 0 Å². The van der Waals surface area contributed by atoms with Crippen molar-refractivity contribution in [3.8, 4) is 0 Å². The molecular weight excluding hydrogens is 389 g/mol. The zero-order valence-electron chi connectivity index (χ0n) is 15.5. The second kappa shape index (κ2) is 7.83. The van der Waals surface area contributed by atoms with E-state index in [1.54, 1.807) is 11.5 Å². The van der Waals surface area contributed by atoms with Crippen molar-refractivity contribution in [1.29, 1.82) is 0 Å². The molecule has 0 atom stereocenters. The summed E-state index contributed by atoms with van der Waals surface area (Å²) in [5, 5.41) is -0.0889. The van der Waals surface area contributed by atoms with Gasteiger partial charge in [-0.25, -0.2) is 9.18 Å². The third-order valence-corrected chi connectivity index (χ3v) is 4.97. The molecule has 6 nitrogen and oxygen atoms in total. The number of hydrogen-bond donors (Lipinski definition) is 0. The lowest BCUT2D eigenvalue weighted by atomic mass is 10.0. The van der Waals surface area contributed by atoms with Crippen molar-refractivity contribution in [1.82, 2.24) is 4.57 Å². The number of aromatic nitrogens is 1. The number of halogens is 2. The van der Waals surface area contributed by atoms with Crippen LogP contribution < -0.4 is 5.43 Å². The maximum atomic E-state index is 14.7. The normalized spacial score (nSPS) is 13.6. The molecular formula is C20H19ClFNO5. The van der Waals surface area contributed by atoms with E-state index < -0.39 is 23.0 Å². The Balaban J connectivity index is 2.21. The first-order chi connectivity index (χ1) is 13.2. The monoisotopic (exact) mass is 407 g/mol. The van der Waals surface area contributed by atoms with E-state index >= 15 is 0 Å². The van der Waals surface area contributed by atoms with E-state index in [1.165, 1.54) is 13.1 Å². The Kier molecular flexibility index (Phi) is 5.65. The molecule has 0 unspecified atom stereocenters. The topological polar surface area (TPSA) is 82.4 Å². The number of ketones is 2. The van der Waals surface area contributed by atoms with Gasteiger partial charge in [-0.1, -0.05) is 11.6 Å². The number of benzene rings is 1. The minimum Gasteiger partial charge on any atom is -0.462 e. The molecule has 1 aliphatic carbocycles. The number of pyridine rings is 1. The Morgan fingerprint density at radius 2 is 2.00 bits per heavy atom. The molecule has 1 saturated carbocycles. The summed E-state index contributed by atoms with van der Waals surface area (Å²) in [4.78, 5) is 48.1. The van der Waals surface area contributed by atoms with Crippen molar-refractivity contribution in [3.05, 3.63) is 44.5 Å². The predicted molar refractivity (Wildman–Crippen MR) is 101 cm³/mol. The van der Waals surface area contributed by atoms with Gasteiger partial charge >= 0.3 is 5.97 Å². The molecule has 0 bridgehead atoms. The summed E-state index contributed by atoms with van der Waals surface area (Å²) in [6.45, 7) is 3.00. The quantitative estimate of drug-likeness (QED) is 0.519. The third-order valence-electron chi connectivity index (χ3n) is 4.56. The Labute approximate surface area is 165 Å². The second-order valence-corrected chi connectivity index (χ2v) is 7.25. The maximum absolute atomic E-state index is 14.7. The van der Waals surface area contributed by atoms with Crippen LogP contribution in [0.15, 0.2) is 17.1 Å². The molecule has 2 aromatic rings. The molecule has 0 N–H and O–H groups in total. The number of hydrogen-bond acceptors (Lipinski definition) is 5. The van der Waals surface area contributed by atoms with Crippen molar-refractivity contribution in [2.45, 2.75) is 45.6 Å². The lowest BCUT2D eigenvalue weighted by Crippen LogP contribution is -2.21. The highest BCUT2D eigenvalue weighted by molar-refractivity contribution is 6.36. The van der Waals surface area contributed by atoms with E-state index in [1.807, 2.05) is 0 Å². The van der Waals surface area contributed by atoms with E-state index in [9.17, 15) is 23.6 Å². The van der Waals surface area contributed by atoms with Gasteiger partial charge in [-0.05, 0) is 32.8 Å². The summed E-state index contributed by atoms with van der Waals surface area (Å²) in [6, 6.07) is 1.03. The number of rotatable bonds is 7. The lowest BCUT2D eigenvalue weighted by molar-refractivity contribution is -0.125. The first kappa shape index (κ1) is 20.2. The average Bonchev–Trinajstić information content (AvgIpc) is 3.44. The van der Waals surface area contributed by atoms with Gasteiger partial charge < -0.3 is 9.30 Å². The summed E-state index contributed by atoms with van der Waals surface area (Å²) >= 11 is 6.42.